The average Bonchev–Trinajstić information content (AvgIpc) is 2.31. The van der Waals surface area contributed by atoms with Crippen molar-refractivity contribution in [3.63, 3.8) is 0 Å². The molecule has 2 atom stereocenters. The minimum Gasteiger partial charge on any atom is -0.317 e. The monoisotopic (exact) mass is 206 g/mol. The molecule has 2 unspecified atom stereocenters. The molecule has 0 bridgehead atoms. The fraction of sp³-hybridized carbons (Fsp3) is 0.615. The molecule has 0 aliphatic heterocycles. The third kappa shape index (κ3) is 4.00. The first kappa shape index (κ1) is 12.2. The highest BCUT2D eigenvalue weighted by Gasteiger charge is 2.12. The van der Waals surface area contributed by atoms with Crippen molar-refractivity contribution >= 4 is 0 Å². The Balaban J connectivity index is 2.41. The molecular formula is C13H22N2. The minimum atomic E-state index is 0.628. The minimum absolute atomic E-state index is 0.628. The highest BCUT2D eigenvalue weighted by Crippen LogP contribution is 2.13. The van der Waals surface area contributed by atoms with Gasteiger partial charge in [-0.25, -0.2) is 0 Å². The van der Waals surface area contributed by atoms with Crippen molar-refractivity contribution in [1.29, 1.82) is 0 Å². The van der Waals surface area contributed by atoms with E-state index in [2.05, 4.69) is 43.3 Å². The number of rotatable bonds is 6. The molecule has 0 spiro atoms. The van der Waals surface area contributed by atoms with Gasteiger partial charge in [0, 0.05) is 18.4 Å². The summed E-state index contributed by atoms with van der Waals surface area (Å²) in [5, 5.41) is 3.41. The molecule has 0 fully saturated rings. The van der Waals surface area contributed by atoms with Crippen LogP contribution in [0.3, 0.4) is 0 Å². The summed E-state index contributed by atoms with van der Waals surface area (Å²) in [5.74, 6) is 0.747. The van der Waals surface area contributed by atoms with Crippen LogP contribution in [0.2, 0.25) is 0 Å². The standard InChI is InChI=1S/C13H22N2/c1-4-11(2)13(14-3)6-5-12-7-9-15-10-8-12/h7-11,13-14H,4-6H2,1-3H3. The van der Waals surface area contributed by atoms with Crippen molar-refractivity contribution in [2.24, 2.45) is 5.92 Å². The second-order valence-corrected chi connectivity index (χ2v) is 4.17. The summed E-state index contributed by atoms with van der Waals surface area (Å²) in [5.41, 5.74) is 1.38. The second kappa shape index (κ2) is 6.57. The van der Waals surface area contributed by atoms with Crippen LogP contribution in [0.1, 0.15) is 32.3 Å². The largest absolute Gasteiger partial charge is 0.317 e. The number of hydrogen-bond acceptors (Lipinski definition) is 2. The van der Waals surface area contributed by atoms with Gasteiger partial charge in [-0.3, -0.25) is 4.98 Å². The predicted octanol–water partition coefficient (Wildman–Crippen LogP) is 2.65. The Kier molecular flexibility index (Phi) is 5.33. The number of aromatic nitrogens is 1. The molecule has 1 rings (SSSR count). The fourth-order valence-electron chi connectivity index (χ4n) is 1.87. The number of pyridine rings is 1. The molecule has 0 aliphatic rings. The lowest BCUT2D eigenvalue weighted by atomic mass is 9.94. The van der Waals surface area contributed by atoms with Crippen LogP contribution < -0.4 is 5.32 Å². The van der Waals surface area contributed by atoms with Crippen molar-refractivity contribution in [3.05, 3.63) is 30.1 Å². The van der Waals surface area contributed by atoms with E-state index >= 15 is 0 Å². The van der Waals surface area contributed by atoms with E-state index in [4.69, 9.17) is 0 Å². The van der Waals surface area contributed by atoms with Gasteiger partial charge < -0.3 is 5.32 Å². The molecule has 2 heteroatoms. The van der Waals surface area contributed by atoms with Crippen LogP contribution in [-0.2, 0) is 6.42 Å². The third-order valence-electron chi connectivity index (χ3n) is 3.20. The molecule has 0 saturated heterocycles. The summed E-state index contributed by atoms with van der Waals surface area (Å²) in [6, 6.07) is 4.83. The van der Waals surface area contributed by atoms with Gasteiger partial charge >= 0.3 is 0 Å². The zero-order valence-electron chi connectivity index (χ0n) is 10.0. The van der Waals surface area contributed by atoms with Crippen LogP contribution in [-0.4, -0.2) is 18.1 Å². The normalized spacial score (nSPS) is 14.9. The maximum Gasteiger partial charge on any atom is 0.0270 e. The molecule has 0 aromatic carbocycles. The van der Waals surface area contributed by atoms with E-state index in [-0.39, 0.29) is 0 Å². The maximum absolute atomic E-state index is 4.03. The highest BCUT2D eigenvalue weighted by molar-refractivity contribution is 5.09. The number of hydrogen-bond donors (Lipinski definition) is 1. The molecule has 0 amide bonds. The van der Waals surface area contributed by atoms with Crippen molar-refractivity contribution in [1.82, 2.24) is 10.3 Å². The fourth-order valence-corrected chi connectivity index (χ4v) is 1.87. The summed E-state index contributed by atoms with van der Waals surface area (Å²) in [7, 11) is 2.06. The van der Waals surface area contributed by atoms with E-state index in [1.807, 2.05) is 12.4 Å². The molecule has 15 heavy (non-hydrogen) atoms. The Labute approximate surface area is 93.1 Å². The Bertz CT molecular complexity index is 258. The average molecular weight is 206 g/mol. The van der Waals surface area contributed by atoms with Crippen LogP contribution in [0.15, 0.2) is 24.5 Å². The molecule has 1 aromatic heterocycles. The van der Waals surface area contributed by atoms with Crippen LogP contribution in [0.25, 0.3) is 0 Å². The zero-order valence-corrected chi connectivity index (χ0v) is 10.0. The summed E-state index contributed by atoms with van der Waals surface area (Å²) in [6.45, 7) is 4.56. The van der Waals surface area contributed by atoms with Crippen LogP contribution in [0, 0.1) is 5.92 Å². The smallest absolute Gasteiger partial charge is 0.0270 e. The second-order valence-electron chi connectivity index (χ2n) is 4.17. The first-order valence-electron chi connectivity index (χ1n) is 5.84. The van der Waals surface area contributed by atoms with E-state index in [9.17, 15) is 0 Å². The maximum atomic E-state index is 4.03. The van der Waals surface area contributed by atoms with Crippen molar-refractivity contribution < 1.29 is 0 Å². The van der Waals surface area contributed by atoms with Crippen molar-refractivity contribution in [2.45, 2.75) is 39.2 Å². The number of nitrogens with one attached hydrogen (secondary N) is 1. The summed E-state index contributed by atoms with van der Waals surface area (Å²) < 4.78 is 0. The number of nitrogens with zero attached hydrogens (tertiary/aromatic N) is 1. The van der Waals surface area contributed by atoms with Gasteiger partial charge in [0.05, 0.1) is 0 Å². The predicted molar refractivity (Wildman–Crippen MR) is 64.9 cm³/mol. The topological polar surface area (TPSA) is 24.9 Å². The lowest BCUT2D eigenvalue weighted by molar-refractivity contribution is 0.368. The van der Waals surface area contributed by atoms with E-state index in [0.717, 1.165) is 12.3 Å². The number of aryl methyl sites for hydroxylation is 1. The molecule has 1 aromatic rings. The van der Waals surface area contributed by atoms with Crippen LogP contribution in [0.5, 0.6) is 0 Å². The lowest BCUT2D eigenvalue weighted by Crippen LogP contribution is -2.32. The Hall–Kier alpha value is -0.890. The molecule has 1 heterocycles. The van der Waals surface area contributed by atoms with Gasteiger partial charge in [0.2, 0.25) is 0 Å². The van der Waals surface area contributed by atoms with E-state index in [1.165, 1.54) is 18.4 Å². The van der Waals surface area contributed by atoms with E-state index in [1.54, 1.807) is 0 Å². The summed E-state index contributed by atoms with van der Waals surface area (Å²) in [6.07, 6.45) is 7.32. The molecule has 0 aliphatic carbocycles. The molecular weight excluding hydrogens is 184 g/mol. The van der Waals surface area contributed by atoms with Gasteiger partial charge in [0.1, 0.15) is 0 Å². The van der Waals surface area contributed by atoms with Gasteiger partial charge in [-0.2, -0.15) is 0 Å². The Morgan fingerprint density at radius 1 is 1.33 bits per heavy atom. The molecule has 84 valence electrons. The van der Waals surface area contributed by atoms with E-state index < -0.39 is 0 Å². The van der Waals surface area contributed by atoms with Crippen LogP contribution >= 0.6 is 0 Å². The van der Waals surface area contributed by atoms with Gasteiger partial charge in [0.25, 0.3) is 0 Å². The zero-order chi connectivity index (χ0) is 11.1. The van der Waals surface area contributed by atoms with Crippen LogP contribution in [0.4, 0.5) is 0 Å². The third-order valence-corrected chi connectivity index (χ3v) is 3.20. The van der Waals surface area contributed by atoms with Gasteiger partial charge in [-0.1, -0.05) is 20.3 Å². The van der Waals surface area contributed by atoms with Gasteiger partial charge in [-0.05, 0) is 43.5 Å². The first-order chi connectivity index (χ1) is 7.27. The Morgan fingerprint density at radius 3 is 2.53 bits per heavy atom. The van der Waals surface area contributed by atoms with Crippen molar-refractivity contribution in [3.8, 4) is 0 Å². The summed E-state index contributed by atoms with van der Waals surface area (Å²) in [4.78, 5) is 4.03. The van der Waals surface area contributed by atoms with E-state index in [0.29, 0.717) is 6.04 Å². The quantitative estimate of drug-likeness (QED) is 0.774. The van der Waals surface area contributed by atoms with Crippen molar-refractivity contribution in [2.75, 3.05) is 7.05 Å². The first-order valence-corrected chi connectivity index (χ1v) is 5.84. The Morgan fingerprint density at radius 2 is 2.00 bits per heavy atom. The van der Waals surface area contributed by atoms with Gasteiger partial charge in [0.15, 0.2) is 0 Å². The van der Waals surface area contributed by atoms with Gasteiger partial charge in [-0.15, -0.1) is 0 Å². The lowest BCUT2D eigenvalue weighted by Gasteiger charge is -2.22. The highest BCUT2D eigenvalue weighted by atomic mass is 14.9. The SMILES string of the molecule is CCC(C)C(CCc1ccncc1)NC. The molecule has 0 saturated carbocycles. The molecule has 2 nitrogen and oxygen atoms in total. The molecule has 1 N–H and O–H groups in total. The molecule has 0 radical (unpaired) electrons. The summed E-state index contributed by atoms with van der Waals surface area (Å²) >= 11 is 0.